The van der Waals surface area contributed by atoms with Crippen LogP contribution in [0.25, 0.3) is 0 Å². The second kappa shape index (κ2) is 5.26. The third kappa shape index (κ3) is 3.05. The Morgan fingerprint density at radius 1 is 1.12 bits per heavy atom. The Hall–Kier alpha value is -1.90. The van der Waals surface area contributed by atoms with Crippen molar-refractivity contribution in [3.63, 3.8) is 0 Å². The van der Waals surface area contributed by atoms with Gasteiger partial charge in [-0.15, -0.1) is 0 Å². The largest absolute Gasteiger partial charge is 0.370 e. The van der Waals surface area contributed by atoms with E-state index in [4.69, 9.17) is 0 Å². The van der Waals surface area contributed by atoms with E-state index >= 15 is 0 Å². The van der Waals surface area contributed by atoms with Gasteiger partial charge in [0.05, 0.1) is 0 Å². The number of nitrogens with one attached hydrogen (secondary N) is 1. The summed E-state index contributed by atoms with van der Waals surface area (Å²) < 4.78 is 0. The molecule has 2 aromatic rings. The molecule has 16 heavy (non-hydrogen) atoms. The Kier molecular flexibility index (Phi) is 3.49. The van der Waals surface area contributed by atoms with E-state index in [2.05, 4.69) is 22.2 Å². The molecule has 0 radical (unpaired) electrons. The lowest BCUT2D eigenvalue weighted by Gasteiger charge is -2.05. The summed E-state index contributed by atoms with van der Waals surface area (Å²) in [6.07, 6.45) is 6.45. The Morgan fingerprint density at radius 3 is 2.69 bits per heavy atom. The predicted octanol–water partition coefficient (Wildman–Crippen LogP) is 2.44. The van der Waals surface area contributed by atoms with Crippen LogP contribution in [0.4, 0.5) is 5.82 Å². The lowest BCUT2D eigenvalue weighted by Crippen LogP contribution is -2.06. The molecule has 3 nitrogen and oxygen atoms in total. The fourth-order valence-corrected chi connectivity index (χ4v) is 1.52. The molecule has 0 unspecified atom stereocenters. The van der Waals surface area contributed by atoms with Crippen LogP contribution in [-0.2, 0) is 6.42 Å². The molecule has 0 saturated carbocycles. The maximum Gasteiger partial charge on any atom is 0.126 e. The molecular formula is C13H15N3. The van der Waals surface area contributed by atoms with Crippen molar-refractivity contribution >= 4 is 5.82 Å². The van der Waals surface area contributed by atoms with Crippen LogP contribution < -0.4 is 5.32 Å². The first-order valence-corrected chi connectivity index (χ1v) is 5.40. The molecule has 0 spiro atoms. The van der Waals surface area contributed by atoms with Crippen molar-refractivity contribution in [1.82, 2.24) is 9.97 Å². The first-order valence-electron chi connectivity index (χ1n) is 5.40. The summed E-state index contributed by atoms with van der Waals surface area (Å²) in [6, 6.07) is 8.11. The standard InChI is InChI=1S/C13H15N3/c1-11-2-8-15-13(10-11)16-9-5-12-3-6-14-7-4-12/h2-4,6-8,10H,5,9H2,1H3,(H,15,16). The number of anilines is 1. The average molecular weight is 213 g/mol. The minimum atomic E-state index is 0.889. The monoisotopic (exact) mass is 213 g/mol. The summed E-state index contributed by atoms with van der Waals surface area (Å²) in [5, 5.41) is 3.30. The molecule has 0 aliphatic rings. The lowest BCUT2D eigenvalue weighted by molar-refractivity contribution is 0.999. The fourth-order valence-electron chi connectivity index (χ4n) is 1.52. The minimum Gasteiger partial charge on any atom is -0.370 e. The van der Waals surface area contributed by atoms with Gasteiger partial charge in [0.25, 0.3) is 0 Å². The molecule has 1 N–H and O–H groups in total. The maximum atomic E-state index is 4.25. The maximum absolute atomic E-state index is 4.25. The first kappa shape index (κ1) is 10.6. The van der Waals surface area contributed by atoms with E-state index in [1.165, 1.54) is 11.1 Å². The van der Waals surface area contributed by atoms with Crippen LogP contribution in [0.15, 0.2) is 42.9 Å². The highest BCUT2D eigenvalue weighted by molar-refractivity contribution is 5.37. The summed E-state index contributed by atoms with van der Waals surface area (Å²) >= 11 is 0. The second-order valence-corrected chi connectivity index (χ2v) is 3.75. The topological polar surface area (TPSA) is 37.8 Å². The summed E-state index contributed by atoms with van der Waals surface area (Å²) in [5.74, 6) is 0.939. The van der Waals surface area contributed by atoms with Crippen molar-refractivity contribution < 1.29 is 0 Å². The average Bonchev–Trinajstić information content (AvgIpc) is 2.30. The number of hydrogen-bond donors (Lipinski definition) is 1. The van der Waals surface area contributed by atoms with Gasteiger partial charge in [0.15, 0.2) is 0 Å². The quantitative estimate of drug-likeness (QED) is 0.847. The summed E-state index contributed by atoms with van der Waals surface area (Å²) in [6.45, 7) is 2.95. The van der Waals surface area contributed by atoms with Gasteiger partial charge in [-0.1, -0.05) is 0 Å². The van der Waals surface area contributed by atoms with E-state index in [1.54, 1.807) is 0 Å². The predicted molar refractivity (Wildman–Crippen MR) is 65.4 cm³/mol. The molecule has 0 aromatic carbocycles. The van der Waals surface area contributed by atoms with Crippen molar-refractivity contribution in [2.24, 2.45) is 0 Å². The Labute approximate surface area is 95.6 Å². The third-order valence-corrected chi connectivity index (χ3v) is 2.38. The van der Waals surface area contributed by atoms with Gasteiger partial charge in [-0.3, -0.25) is 4.98 Å². The molecule has 2 rings (SSSR count). The fraction of sp³-hybridized carbons (Fsp3) is 0.231. The number of pyridine rings is 2. The zero-order chi connectivity index (χ0) is 11.2. The van der Waals surface area contributed by atoms with E-state index < -0.39 is 0 Å². The van der Waals surface area contributed by atoms with Crippen molar-refractivity contribution in [1.29, 1.82) is 0 Å². The van der Waals surface area contributed by atoms with E-state index in [1.807, 2.05) is 42.9 Å². The van der Waals surface area contributed by atoms with Crippen LogP contribution in [0.1, 0.15) is 11.1 Å². The first-order chi connectivity index (χ1) is 7.84. The van der Waals surface area contributed by atoms with E-state index in [0.29, 0.717) is 0 Å². The van der Waals surface area contributed by atoms with E-state index in [9.17, 15) is 0 Å². The Bertz CT molecular complexity index is 440. The highest BCUT2D eigenvalue weighted by atomic mass is 15.0. The summed E-state index contributed by atoms with van der Waals surface area (Å²) in [5.41, 5.74) is 2.51. The number of aryl methyl sites for hydroxylation is 1. The van der Waals surface area contributed by atoms with Crippen LogP contribution >= 0.6 is 0 Å². The van der Waals surface area contributed by atoms with Crippen molar-refractivity contribution in [2.75, 3.05) is 11.9 Å². The van der Waals surface area contributed by atoms with Gasteiger partial charge in [-0.05, 0) is 48.7 Å². The highest BCUT2D eigenvalue weighted by Crippen LogP contribution is 2.05. The Balaban J connectivity index is 1.85. The van der Waals surface area contributed by atoms with Crippen molar-refractivity contribution in [2.45, 2.75) is 13.3 Å². The summed E-state index contributed by atoms with van der Waals surface area (Å²) in [7, 11) is 0. The molecule has 2 heterocycles. The number of hydrogen-bond acceptors (Lipinski definition) is 3. The molecule has 0 amide bonds. The SMILES string of the molecule is Cc1ccnc(NCCc2ccncc2)c1. The van der Waals surface area contributed by atoms with Gasteiger partial charge in [-0.25, -0.2) is 4.98 Å². The highest BCUT2D eigenvalue weighted by Gasteiger charge is 1.94. The van der Waals surface area contributed by atoms with Gasteiger partial charge in [0.2, 0.25) is 0 Å². The van der Waals surface area contributed by atoms with E-state index in [0.717, 1.165) is 18.8 Å². The van der Waals surface area contributed by atoms with Crippen molar-refractivity contribution in [3.8, 4) is 0 Å². The molecule has 2 aromatic heterocycles. The molecule has 3 heteroatoms. The number of aromatic nitrogens is 2. The molecule has 0 aliphatic heterocycles. The van der Waals surface area contributed by atoms with Gasteiger partial charge < -0.3 is 5.32 Å². The minimum absolute atomic E-state index is 0.889. The van der Waals surface area contributed by atoms with E-state index in [-0.39, 0.29) is 0 Å². The van der Waals surface area contributed by atoms with Gasteiger partial charge in [0, 0.05) is 25.1 Å². The lowest BCUT2D eigenvalue weighted by atomic mass is 10.2. The van der Waals surface area contributed by atoms with Crippen molar-refractivity contribution in [3.05, 3.63) is 54.0 Å². The van der Waals surface area contributed by atoms with Crippen LogP contribution in [0.3, 0.4) is 0 Å². The zero-order valence-electron chi connectivity index (χ0n) is 9.35. The van der Waals surface area contributed by atoms with Gasteiger partial charge in [-0.2, -0.15) is 0 Å². The van der Waals surface area contributed by atoms with Crippen LogP contribution in [0.2, 0.25) is 0 Å². The zero-order valence-corrected chi connectivity index (χ0v) is 9.35. The van der Waals surface area contributed by atoms with Gasteiger partial charge >= 0.3 is 0 Å². The number of nitrogens with zero attached hydrogens (tertiary/aromatic N) is 2. The normalized spacial score (nSPS) is 10.1. The molecule has 0 fully saturated rings. The molecular weight excluding hydrogens is 198 g/mol. The molecule has 0 bridgehead atoms. The van der Waals surface area contributed by atoms with Crippen LogP contribution in [-0.4, -0.2) is 16.5 Å². The van der Waals surface area contributed by atoms with Crippen LogP contribution in [0, 0.1) is 6.92 Å². The molecule has 0 atom stereocenters. The molecule has 82 valence electrons. The summed E-state index contributed by atoms with van der Waals surface area (Å²) in [4.78, 5) is 8.24. The third-order valence-electron chi connectivity index (χ3n) is 2.38. The second-order valence-electron chi connectivity index (χ2n) is 3.75. The molecule has 0 saturated heterocycles. The smallest absolute Gasteiger partial charge is 0.126 e. The molecule has 0 aliphatic carbocycles. The van der Waals surface area contributed by atoms with Crippen LogP contribution in [0.5, 0.6) is 0 Å². The van der Waals surface area contributed by atoms with Gasteiger partial charge in [0.1, 0.15) is 5.82 Å². The Morgan fingerprint density at radius 2 is 1.94 bits per heavy atom. The number of rotatable bonds is 4.